The quantitative estimate of drug-likeness (QED) is 0.0310. The first-order valence-corrected chi connectivity index (χ1v) is 21.6. The van der Waals surface area contributed by atoms with Crippen molar-refractivity contribution in [3.63, 3.8) is 0 Å². The molecule has 3 saturated heterocycles. The number of nitrogens with zero attached hydrogens (tertiary/aromatic N) is 6. The molecule has 0 saturated carbocycles. The maximum absolute atomic E-state index is 14.2. The minimum absolute atomic E-state index is 0.0528. The van der Waals surface area contributed by atoms with Crippen molar-refractivity contribution in [1.82, 2.24) is 0 Å². The summed E-state index contributed by atoms with van der Waals surface area (Å²) in [5.74, 6) is -0.838. The van der Waals surface area contributed by atoms with Gasteiger partial charge in [-0.25, -0.2) is 4.79 Å². The Balaban J connectivity index is 2.18. The molecule has 3 N–H and O–H groups in total. The van der Waals surface area contributed by atoms with Gasteiger partial charge in [-0.2, -0.15) is 0 Å². The largest absolute Gasteiger partial charge is 0.464 e. The van der Waals surface area contributed by atoms with Gasteiger partial charge >= 0.3 is 5.97 Å². The van der Waals surface area contributed by atoms with Crippen molar-refractivity contribution < 1.29 is 72.2 Å². The Morgan fingerprint density at radius 3 is 1.58 bits per heavy atom. The number of carbonyl (C=O) groups is 1. The summed E-state index contributed by atoms with van der Waals surface area (Å²) in [6, 6.07) is -2.46. The van der Waals surface area contributed by atoms with E-state index in [0.29, 0.717) is 38.9 Å². The van der Waals surface area contributed by atoms with E-state index < -0.39 is 111 Å². The predicted octanol–water partition coefficient (Wildman–Crippen LogP) is 4.37. The number of ether oxygens (including phenoxy) is 11. The van der Waals surface area contributed by atoms with Crippen molar-refractivity contribution in [2.45, 2.75) is 191 Å². The van der Waals surface area contributed by atoms with Gasteiger partial charge in [0.1, 0.15) is 54.8 Å². The number of unbranched alkanes of at least 4 members (excludes halogenated alkanes) is 5. The Kier molecular flexibility index (Phi) is 25.1. The van der Waals surface area contributed by atoms with Gasteiger partial charge in [0.2, 0.25) is 0 Å². The summed E-state index contributed by atoms with van der Waals surface area (Å²) in [5.41, 5.74) is 19.2. The van der Waals surface area contributed by atoms with Crippen LogP contribution in [0.4, 0.5) is 0 Å². The number of rotatable bonds is 29. The molecule has 15 atom stereocenters. The normalized spacial score (nSPS) is 34.4. The van der Waals surface area contributed by atoms with Gasteiger partial charge in [-0.15, -0.1) is 0 Å². The topological polar surface area (TPSA) is 277 Å². The third-order valence-electron chi connectivity index (χ3n) is 10.5. The summed E-state index contributed by atoms with van der Waals surface area (Å²) in [5, 5.41) is 40.3. The number of aliphatic hydroxyl groups excluding tert-OH is 3. The Labute approximate surface area is 353 Å². The molecule has 0 amide bonds. The lowest BCUT2D eigenvalue weighted by molar-refractivity contribution is -0.369. The molecule has 0 aliphatic carbocycles. The number of methoxy groups -OCH3 is 1. The SMILES string of the molecule is CCCCOC(=O)[C@@H]1O[C@@H](O[C@@H]2C(CO)O[C@H](OC)C(N=[N+]=[N-])[C@H]2O)[C@@H](OCCCC)C(OCCCC)[C@@H]1O[C@H]1O[C@@H](CO)[C@@H](OCCCC)[C@H](OCCCC)C1N=[N+]=[N-]. The van der Waals surface area contributed by atoms with E-state index in [0.717, 1.165) is 38.5 Å². The lowest BCUT2D eigenvalue weighted by Gasteiger charge is -2.50. The number of hydrogen-bond acceptors (Lipinski definition) is 17. The summed E-state index contributed by atoms with van der Waals surface area (Å²) in [4.78, 5) is 20.2. The highest BCUT2D eigenvalue weighted by Crippen LogP contribution is 2.37. The maximum atomic E-state index is 14.2. The monoisotopic (exact) mass is 862 g/mol. The molecule has 60 heavy (non-hydrogen) atoms. The maximum Gasteiger partial charge on any atom is 0.338 e. The number of hydrogen-bond donors (Lipinski definition) is 3. The zero-order valence-corrected chi connectivity index (χ0v) is 36.1. The zero-order chi connectivity index (χ0) is 43.9. The molecule has 4 unspecified atom stereocenters. The first-order chi connectivity index (χ1) is 29.2. The molecule has 0 aromatic heterocycles. The molecule has 3 heterocycles. The van der Waals surface area contributed by atoms with E-state index in [9.17, 15) is 31.2 Å². The van der Waals surface area contributed by atoms with Gasteiger partial charge in [-0.1, -0.05) is 77.0 Å². The highest BCUT2D eigenvalue weighted by molar-refractivity contribution is 5.76. The van der Waals surface area contributed by atoms with Crippen LogP contribution in [0.3, 0.4) is 0 Å². The smallest absolute Gasteiger partial charge is 0.338 e. The van der Waals surface area contributed by atoms with Crippen molar-refractivity contribution in [3.05, 3.63) is 20.9 Å². The molecular weight excluding hydrogens is 792 g/mol. The third-order valence-corrected chi connectivity index (χ3v) is 10.5. The van der Waals surface area contributed by atoms with Crippen molar-refractivity contribution in [1.29, 1.82) is 0 Å². The van der Waals surface area contributed by atoms with E-state index in [4.69, 9.17) is 52.1 Å². The first-order valence-electron chi connectivity index (χ1n) is 21.6. The molecule has 3 fully saturated rings. The number of azide groups is 2. The number of carbonyl (C=O) groups excluding carboxylic acids is 1. The molecule has 21 heteroatoms. The van der Waals surface area contributed by atoms with Crippen LogP contribution in [-0.2, 0) is 56.9 Å². The van der Waals surface area contributed by atoms with Gasteiger partial charge in [-0.05, 0) is 43.2 Å². The minimum Gasteiger partial charge on any atom is -0.464 e. The zero-order valence-electron chi connectivity index (χ0n) is 36.1. The van der Waals surface area contributed by atoms with Gasteiger partial charge in [0, 0.05) is 43.4 Å². The Morgan fingerprint density at radius 1 is 0.583 bits per heavy atom. The van der Waals surface area contributed by atoms with E-state index in [1.165, 1.54) is 7.11 Å². The Morgan fingerprint density at radius 2 is 1.05 bits per heavy atom. The minimum atomic E-state index is -1.60. The molecule has 3 aliphatic rings. The fourth-order valence-electron chi connectivity index (χ4n) is 7.11. The number of esters is 1. The fraction of sp³-hybridized carbons (Fsp3) is 0.974. The second-order valence-electron chi connectivity index (χ2n) is 15.0. The van der Waals surface area contributed by atoms with E-state index in [-0.39, 0.29) is 19.8 Å². The van der Waals surface area contributed by atoms with E-state index in [2.05, 4.69) is 20.1 Å². The van der Waals surface area contributed by atoms with Crippen LogP contribution in [0, 0.1) is 0 Å². The van der Waals surface area contributed by atoms with Crippen LogP contribution in [0.1, 0.15) is 98.8 Å². The molecule has 0 spiro atoms. The average Bonchev–Trinajstić information content (AvgIpc) is 3.25. The second-order valence-corrected chi connectivity index (χ2v) is 15.0. The summed E-state index contributed by atoms with van der Waals surface area (Å²) in [7, 11) is 1.30. The lowest BCUT2D eigenvalue weighted by Crippen LogP contribution is -2.68. The fourth-order valence-corrected chi connectivity index (χ4v) is 7.11. The average molecular weight is 863 g/mol. The van der Waals surface area contributed by atoms with Gasteiger partial charge < -0.3 is 67.4 Å². The molecule has 0 aromatic rings. The second kappa shape index (κ2) is 29.0. The van der Waals surface area contributed by atoms with Crippen LogP contribution in [0.15, 0.2) is 10.2 Å². The highest BCUT2D eigenvalue weighted by Gasteiger charge is 2.57. The van der Waals surface area contributed by atoms with Crippen LogP contribution >= 0.6 is 0 Å². The van der Waals surface area contributed by atoms with Gasteiger partial charge in [-0.3, -0.25) is 0 Å². The predicted molar refractivity (Wildman–Crippen MR) is 213 cm³/mol. The van der Waals surface area contributed by atoms with Crippen LogP contribution in [0.2, 0.25) is 0 Å². The molecule has 3 rings (SSSR count). The molecule has 3 aliphatic heterocycles. The van der Waals surface area contributed by atoms with Crippen molar-refractivity contribution in [2.24, 2.45) is 10.2 Å². The summed E-state index contributed by atoms with van der Waals surface area (Å²) in [6.45, 7) is 9.85. The van der Waals surface area contributed by atoms with E-state index >= 15 is 0 Å². The molecular formula is C39H70N6O15. The van der Waals surface area contributed by atoms with Gasteiger partial charge in [0.25, 0.3) is 0 Å². The standard InChI is InChI=1S/C39H70N6O15/c1-7-12-17-51-30-25(23-47)57-38(27(43-45-41)31(30)52-18-13-8-2)59-33-32(53-19-14-9-3)35(54-20-15-10-4)39(60-34(33)36(49)55-21-16-11-5)58-29-24(22-46)56-37(50-6)26(28(29)48)42-44-40/h24-35,37-39,46-48H,7-23H2,1-6H3/t24?,25-,26?,27?,28+,29+,30+,31+,32?,33-,34+,35-,37-,38+,39+/m0/s1. The Hall–Kier alpha value is -2.43. The van der Waals surface area contributed by atoms with E-state index in [1.54, 1.807) is 0 Å². The summed E-state index contributed by atoms with van der Waals surface area (Å²) >= 11 is 0. The molecule has 0 aromatic carbocycles. The Bertz CT molecular complexity index is 1300. The molecule has 346 valence electrons. The van der Waals surface area contributed by atoms with Crippen molar-refractivity contribution >= 4 is 5.97 Å². The first kappa shape index (κ1) is 51.9. The lowest BCUT2D eigenvalue weighted by atomic mass is 9.94. The van der Waals surface area contributed by atoms with Gasteiger partial charge in [0.15, 0.2) is 25.0 Å². The van der Waals surface area contributed by atoms with Crippen LogP contribution in [0.5, 0.6) is 0 Å². The van der Waals surface area contributed by atoms with Crippen molar-refractivity contribution in [3.8, 4) is 0 Å². The van der Waals surface area contributed by atoms with E-state index in [1.807, 2.05) is 34.6 Å². The van der Waals surface area contributed by atoms with Crippen LogP contribution < -0.4 is 0 Å². The number of aliphatic hydroxyl groups is 3. The third kappa shape index (κ3) is 14.6. The molecule has 0 radical (unpaired) electrons. The van der Waals surface area contributed by atoms with Gasteiger partial charge in [0.05, 0.1) is 32.0 Å². The van der Waals surface area contributed by atoms with Crippen LogP contribution in [-0.4, -0.2) is 167 Å². The molecule has 21 nitrogen and oxygen atoms in total. The molecule has 0 bridgehead atoms. The summed E-state index contributed by atoms with van der Waals surface area (Å²) in [6.07, 6.45) is -9.24. The van der Waals surface area contributed by atoms with Crippen molar-refractivity contribution in [2.75, 3.05) is 53.4 Å². The van der Waals surface area contributed by atoms with Crippen LogP contribution in [0.25, 0.3) is 20.9 Å². The highest BCUT2D eigenvalue weighted by atomic mass is 16.8. The summed E-state index contributed by atoms with van der Waals surface area (Å²) < 4.78 is 68.4.